The number of hydrogen-bond acceptors (Lipinski definition) is 4. The third kappa shape index (κ3) is 3.91. The van der Waals surface area contributed by atoms with Crippen LogP contribution in [0.2, 0.25) is 0 Å². The molecule has 0 aliphatic carbocycles. The number of furan rings is 1. The highest BCUT2D eigenvalue weighted by Crippen LogP contribution is 2.26. The first kappa shape index (κ1) is 17.2. The van der Waals surface area contributed by atoms with Crippen molar-refractivity contribution in [3.63, 3.8) is 0 Å². The second-order valence-electron chi connectivity index (χ2n) is 5.89. The fourth-order valence-corrected chi connectivity index (χ4v) is 3.21. The second-order valence-corrected chi connectivity index (χ2v) is 6.67. The molecule has 130 valence electrons. The van der Waals surface area contributed by atoms with E-state index in [4.69, 9.17) is 4.42 Å². The summed E-state index contributed by atoms with van der Waals surface area (Å²) in [6.45, 7) is 2.24. The fraction of sp³-hybridized carbons (Fsp3) is 0.263. The summed E-state index contributed by atoms with van der Waals surface area (Å²) in [4.78, 5) is 25.9. The van der Waals surface area contributed by atoms with E-state index in [0.717, 1.165) is 16.7 Å². The van der Waals surface area contributed by atoms with Crippen LogP contribution in [0.25, 0.3) is 11.0 Å². The standard InChI is InChI=1S/C19H20N2O3S/c1-13(17-11-14-5-3-4-6-16(14)24-17)21(2)18(22)7-9-20-19(23)15-8-10-25-12-15/h3-6,8,10-13H,7,9H2,1-2H3,(H,20,23). The van der Waals surface area contributed by atoms with E-state index in [1.807, 2.05) is 42.6 Å². The number of amides is 2. The van der Waals surface area contributed by atoms with Crippen molar-refractivity contribution < 1.29 is 14.0 Å². The topological polar surface area (TPSA) is 62.6 Å². The van der Waals surface area contributed by atoms with Crippen molar-refractivity contribution in [2.45, 2.75) is 19.4 Å². The molecule has 25 heavy (non-hydrogen) atoms. The minimum Gasteiger partial charge on any atom is -0.459 e. The van der Waals surface area contributed by atoms with Crippen LogP contribution in [-0.4, -0.2) is 30.3 Å². The molecule has 0 aliphatic heterocycles. The number of nitrogens with zero attached hydrogens (tertiary/aromatic N) is 1. The summed E-state index contributed by atoms with van der Waals surface area (Å²) in [5.41, 5.74) is 1.44. The smallest absolute Gasteiger partial charge is 0.252 e. The SMILES string of the molecule is CC(c1cc2ccccc2o1)N(C)C(=O)CCNC(=O)c1ccsc1. The third-order valence-electron chi connectivity index (χ3n) is 4.24. The number of thiophene rings is 1. The predicted molar refractivity (Wildman–Crippen MR) is 98.7 cm³/mol. The summed E-state index contributed by atoms with van der Waals surface area (Å²) < 4.78 is 5.83. The van der Waals surface area contributed by atoms with Crippen LogP contribution >= 0.6 is 11.3 Å². The average Bonchev–Trinajstić information content (AvgIpc) is 3.29. The summed E-state index contributed by atoms with van der Waals surface area (Å²) in [5, 5.41) is 7.42. The first-order chi connectivity index (χ1) is 12.1. The molecule has 2 amide bonds. The average molecular weight is 356 g/mol. The minimum absolute atomic E-state index is 0.0430. The van der Waals surface area contributed by atoms with Gasteiger partial charge in [-0.3, -0.25) is 9.59 Å². The van der Waals surface area contributed by atoms with E-state index in [9.17, 15) is 9.59 Å². The summed E-state index contributed by atoms with van der Waals surface area (Å²) in [5.74, 6) is 0.556. The highest BCUT2D eigenvalue weighted by Gasteiger charge is 2.20. The van der Waals surface area contributed by atoms with Crippen LogP contribution < -0.4 is 5.32 Å². The van der Waals surface area contributed by atoms with E-state index in [1.165, 1.54) is 11.3 Å². The lowest BCUT2D eigenvalue weighted by molar-refractivity contribution is -0.131. The van der Waals surface area contributed by atoms with Crippen molar-refractivity contribution in [2.24, 2.45) is 0 Å². The van der Waals surface area contributed by atoms with Gasteiger partial charge in [0.25, 0.3) is 5.91 Å². The van der Waals surface area contributed by atoms with Gasteiger partial charge in [-0.25, -0.2) is 0 Å². The maximum atomic E-state index is 12.4. The van der Waals surface area contributed by atoms with E-state index in [-0.39, 0.29) is 24.3 Å². The van der Waals surface area contributed by atoms with Gasteiger partial charge >= 0.3 is 0 Å². The lowest BCUT2D eigenvalue weighted by Crippen LogP contribution is -2.33. The Morgan fingerprint density at radius 2 is 2.08 bits per heavy atom. The van der Waals surface area contributed by atoms with Crippen LogP contribution in [0.4, 0.5) is 0 Å². The van der Waals surface area contributed by atoms with Crippen LogP contribution in [0.15, 0.2) is 51.6 Å². The van der Waals surface area contributed by atoms with Crippen LogP contribution in [0.5, 0.6) is 0 Å². The number of fused-ring (bicyclic) bond motifs is 1. The molecule has 3 aromatic rings. The number of rotatable bonds is 6. The molecular weight excluding hydrogens is 336 g/mol. The molecule has 1 N–H and O–H groups in total. The van der Waals surface area contributed by atoms with E-state index < -0.39 is 0 Å². The van der Waals surface area contributed by atoms with Crippen molar-refractivity contribution in [2.75, 3.05) is 13.6 Å². The monoisotopic (exact) mass is 356 g/mol. The Morgan fingerprint density at radius 3 is 2.80 bits per heavy atom. The molecule has 3 rings (SSSR count). The molecule has 0 fully saturated rings. The number of nitrogens with one attached hydrogen (secondary N) is 1. The largest absolute Gasteiger partial charge is 0.459 e. The molecule has 1 atom stereocenters. The number of para-hydroxylation sites is 1. The Kier molecular flexibility index (Phi) is 5.19. The Balaban J connectivity index is 1.55. The van der Waals surface area contributed by atoms with Gasteiger partial charge in [-0.05, 0) is 30.5 Å². The highest BCUT2D eigenvalue weighted by molar-refractivity contribution is 7.08. The second kappa shape index (κ2) is 7.53. The van der Waals surface area contributed by atoms with Crippen molar-refractivity contribution in [3.8, 4) is 0 Å². The molecule has 5 nitrogen and oxygen atoms in total. The zero-order valence-electron chi connectivity index (χ0n) is 14.2. The van der Waals surface area contributed by atoms with Crippen LogP contribution in [0, 0.1) is 0 Å². The lowest BCUT2D eigenvalue weighted by atomic mass is 10.2. The minimum atomic E-state index is -0.174. The molecule has 0 saturated heterocycles. The van der Waals surface area contributed by atoms with Gasteiger partial charge in [-0.2, -0.15) is 11.3 Å². The normalized spacial score (nSPS) is 12.1. The Morgan fingerprint density at radius 1 is 1.28 bits per heavy atom. The summed E-state index contributed by atoms with van der Waals surface area (Å²) >= 11 is 1.47. The summed E-state index contributed by atoms with van der Waals surface area (Å²) in [7, 11) is 1.75. The molecule has 2 heterocycles. The van der Waals surface area contributed by atoms with Gasteiger partial charge in [0.15, 0.2) is 0 Å². The number of carbonyl (C=O) groups is 2. The van der Waals surface area contributed by atoms with E-state index in [1.54, 1.807) is 23.4 Å². The van der Waals surface area contributed by atoms with E-state index in [0.29, 0.717) is 12.1 Å². The quantitative estimate of drug-likeness (QED) is 0.730. The van der Waals surface area contributed by atoms with Gasteiger partial charge in [0, 0.05) is 36.3 Å². The molecular formula is C19H20N2O3S. The first-order valence-corrected chi connectivity index (χ1v) is 9.05. The zero-order valence-corrected chi connectivity index (χ0v) is 15.0. The van der Waals surface area contributed by atoms with Gasteiger partial charge in [0.1, 0.15) is 11.3 Å². The van der Waals surface area contributed by atoms with Crippen molar-refractivity contribution in [1.82, 2.24) is 10.2 Å². The Labute approximate surface area is 150 Å². The Hall–Kier alpha value is -2.60. The molecule has 0 aliphatic rings. The maximum Gasteiger partial charge on any atom is 0.252 e. The zero-order chi connectivity index (χ0) is 17.8. The molecule has 6 heteroatoms. The fourth-order valence-electron chi connectivity index (χ4n) is 2.57. The van der Waals surface area contributed by atoms with Crippen LogP contribution in [0.3, 0.4) is 0 Å². The molecule has 0 saturated carbocycles. The number of hydrogen-bond donors (Lipinski definition) is 1. The van der Waals surface area contributed by atoms with Gasteiger partial charge in [-0.15, -0.1) is 0 Å². The number of benzene rings is 1. The molecule has 0 bridgehead atoms. The van der Waals surface area contributed by atoms with Crippen molar-refractivity contribution in [3.05, 3.63) is 58.5 Å². The Bertz CT molecular complexity index is 837. The highest BCUT2D eigenvalue weighted by atomic mass is 32.1. The predicted octanol–water partition coefficient (Wildman–Crippen LogP) is 3.83. The first-order valence-electron chi connectivity index (χ1n) is 8.11. The van der Waals surface area contributed by atoms with Gasteiger partial charge in [-0.1, -0.05) is 18.2 Å². The molecule has 0 spiro atoms. The van der Waals surface area contributed by atoms with E-state index in [2.05, 4.69) is 5.32 Å². The lowest BCUT2D eigenvalue weighted by Gasteiger charge is -2.23. The maximum absolute atomic E-state index is 12.4. The molecule has 1 aromatic carbocycles. The van der Waals surface area contributed by atoms with Gasteiger partial charge < -0.3 is 14.6 Å². The third-order valence-corrected chi connectivity index (χ3v) is 4.92. The van der Waals surface area contributed by atoms with Crippen molar-refractivity contribution in [1.29, 1.82) is 0 Å². The molecule has 0 radical (unpaired) electrons. The molecule has 2 aromatic heterocycles. The van der Waals surface area contributed by atoms with Crippen LogP contribution in [0.1, 0.15) is 35.5 Å². The van der Waals surface area contributed by atoms with Gasteiger partial charge in [0.2, 0.25) is 5.91 Å². The van der Waals surface area contributed by atoms with Gasteiger partial charge in [0.05, 0.1) is 6.04 Å². The van der Waals surface area contributed by atoms with Crippen LogP contribution in [-0.2, 0) is 4.79 Å². The van der Waals surface area contributed by atoms with E-state index >= 15 is 0 Å². The number of carbonyl (C=O) groups excluding carboxylic acids is 2. The molecule has 1 unspecified atom stereocenters. The summed E-state index contributed by atoms with van der Waals surface area (Å²) in [6, 6.07) is 11.3. The summed E-state index contributed by atoms with van der Waals surface area (Å²) in [6.07, 6.45) is 0.247. The van der Waals surface area contributed by atoms with Crippen molar-refractivity contribution >= 4 is 34.1 Å².